The molecular formula is C20H29N3O2. The molecule has 0 heterocycles. The number of hydrogen-bond acceptors (Lipinski definition) is 5. The zero-order valence-electron chi connectivity index (χ0n) is 15.0. The summed E-state index contributed by atoms with van der Waals surface area (Å²) in [6, 6.07) is 15.2. The van der Waals surface area contributed by atoms with Crippen LogP contribution in [0.1, 0.15) is 19.8 Å². The highest BCUT2D eigenvalue weighted by atomic mass is 16.5. The summed E-state index contributed by atoms with van der Waals surface area (Å²) in [4.78, 5) is 2.35. The van der Waals surface area contributed by atoms with Crippen LogP contribution in [0.3, 0.4) is 0 Å². The van der Waals surface area contributed by atoms with Crippen molar-refractivity contribution in [1.29, 1.82) is 0 Å². The van der Waals surface area contributed by atoms with Gasteiger partial charge in [0.1, 0.15) is 24.7 Å². The van der Waals surface area contributed by atoms with Crippen LogP contribution in [0.15, 0.2) is 48.5 Å². The molecule has 0 spiro atoms. The number of benzene rings is 2. The number of hydrogen-bond donors (Lipinski definition) is 2. The summed E-state index contributed by atoms with van der Waals surface area (Å²) in [7, 11) is 0. The molecule has 0 amide bonds. The second kappa shape index (κ2) is 10.5. The van der Waals surface area contributed by atoms with Crippen LogP contribution >= 0.6 is 0 Å². The van der Waals surface area contributed by atoms with Gasteiger partial charge in [-0.15, -0.1) is 0 Å². The predicted octanol–water partition coefficient (Wildman–Crippen LogP) is 3.41. The second-order valence-electron chi connectivity index (χ2n) is 5.97. The highest BCUT2D eigenvalue weighted by molar-refractivity contribution is 5.52. The molecule has 0 radical (unpaired) electrons. The van der Waals surface area contributed by atoms with Gasteiger partial charge in [-0.2, -0.15) is 0 Å². The third-order valence-electron chi connectivity index (χ3n) is 4.00. The first-order valence-corrected chi connectivity index (χ1v) is 8.87. The molecule has 2 rings (SSSR count). The molecule has 5 heteroatoms. The van der Waals surface area contributed by atoms with E-state index < -0.39 is 0 Å². The Morgan fingerprint density at radius 2 is 1.24 bits per heavy atom. The highest BCUT2D eigenvalue weighted by Crippen LogP contribution is 2.20. The maximum Gasteiger partial charge on any atom is 0.142 e. The minimum absolute atomic E-state index is 0.603. The minimum Gasteiger partial charge on any atom is -0.490 e. The summed E-state index contributed by atoms with van der Waals surface area (Å²) in [6.07, 6.45) is 2.32. The van der Waals surface area contributed by atoms with Crippen molar-refractivity contribution in [3.05, 3.63) is 48.5 Å². The molecular weight excluding hydrogens is 314 g/mol. The summed E-state index contributed by atoms with van der Waals surface area (Å²) in [5.74, 6) is 1.48. The van der Waals surface area contributed by atoms with Crippen LogP contribution in [-0.2, 0) is 0 Å². The zero-order valence-corrected chi connectivity index (χ0v) is 15.0. The molecule has 0 aliphatic carbocycles. The number of ether oxygens (including phenoxy) is 2. The van der Waals surface area contributed by atoms with E-state index in [2.05, 4.69) is 11.8 Å². The maximum absolute atomic E-state index is 5.91. The van der Waals surface area contributed by atoms with Gasteiger partial charge in [0.2, 0.25) is 0 Å². The summed E-state index contributed by atoms with van der Waals surface area (Å²) in [5.41, 5.74) is 13.2. The van der Waals surface area contributed by atoms with Crippen molar-refractivity contribution in [1.82, 2.24) is 4.90 Å². The van der Waals surface area contributed by atoms with Gasteiger partial charge in [-0.3, -0.25) is 4.90 Å². The number of nitrogen functional groups attached to an aromatic ring is 2. The Labute approximate surface area is 150 Å². The smallest absolute Gasteiger partial charge is 0.142 e. The molecule has 136 valence electrons. The lowest BCUT2D eigenvalue weighted by Gasteiger charge is -2.22. The van der Waals surface area contributed by atoms with E-state index in [9.17, 15) is 0 Å². The van der Waals surface area contributed by atoms with E-state index in [1.54, 1.807) is 0 Å². The average Bonchev–Trinajstić information content (AvgIpc) is 2.62. The zero-order chi connectivity index (χ0) is 17.9. The van der Waals surface area contributed by atoms with Crippen LogP contribution in [0.2, 0.25) is 0 Å². The number of nitrogens with zero attached hydrogens (tertiary/aromatic N) is 1. The molecule has 25 heavy (non-hydrogen) atoms. The summed E-state index contributed by atoms with van der Waals surface area (Å²) >= 11 is 0. The predicted molar refractivity (Wildman–Crippen MR) is 104 cm³/mol. The molecule has 0 fully saturated rings. The molecule has 0 aliphatic rings. The highest BCUT2D eigenvalue weighted by Gasteiger charge is 2.07. The van der Waals surface area contributed by atoms with Crippen molar-refractivity contribution in [3.63, 3.8) is 0 Å². The third-order valence-corrected chi connectivity index (χ3v) is 4.00. The van der Waals surface area contributed by atoms with Gasteiger partial charge in [0.25, 0.3) is 0 Å². The van der Waals surface area contributed by atoms with Gasteiger partial charge in [0, 0.05) is 13.1 Å². The van der Waals surface area contributed by atoms with Crippen molar-refractivity contribution in [3.8, 4) is 11.5 Å². The number of anilines is 2. The van der Waals surface area contributed by atoms with Gasteiger partial charge in [0.05, 0.1) is 11.4 Å². The molecule has 0 atom stereocenters. The van der Waals surface area contributed by atoms with Crippen molar-refractivity contribution < 1.29 is 9.47 Å². The molecule has 5 nitrogen and oxygen atoms in total. The van der Waals surface area contributed by atoms with Gasteiger partial charge in [-0.05, 0) is 37.2 Å². The molecule has 0 saturated heterocycles. The van der Waals surface area contributed by atoms with Gasteiger partial charge >= 0.3 is 0 Å². The molecule has 2 aromatic rings. The van der Waals surface area contributed by atoms with E-state index in [0.29, 0.717) is 24.6 Å². The topological polar surface area (TPSA) is 73.7 Å². The lowest BCUT2D eigenvalue weighted by atomic mass is 10.3. The number of nitrogens with two attached hydrogens (primary N) is 2. The molecule has 0 aromatic heterocycles. The average molecular weight is 343 g/mol. The first-order chi connectivity index (χ1) is 12.2. The largest absolute Gasteiger partial charge is 0.490 e. The minimum atomic E-state index is 0.603. The Morgan fingerprint density at radius 1 is 0.760 bits per heavy atom. The van der Waals surface area contributed by atoms with E-state index in [1.165, 1.54) is 0 Å². The fraction of sp³-hybridized carbons (Fsp3) is 0.400. The van der Waals surface area contributed by atoms with E-state index in [-0.39, 0.29) is 0 Å². The molecule has 0 unspecified atom stereocenters. The number of unbranched alkanes of at least 4 members (excludes halogenated alkanes) is 1. The van der Waals surface area contributed by atoms with Crippen LogP contribution in [-0.4, -0.2) is 37.7 Å². The van der Waals surface area contributed by atoms with Crippen LogP contribution in [0, 0.1) is 0 Å². The Balaban J connectivity index is 1.77. The quantitative estimate of drug-likeness (QED) is 0.612. The second-order valence-corrected chi connectivity index (χ2v) is 5.97. The maximum atomic E-state index is 5.91. The number of rotatable bonds is 11. The third kappa shape index (κ3) is 6.55. The fourth-order valence-corrected chi connectivity index (χ4v) is 2.51. The van der Waals surface area contributed by atoms with Gasteiger partial charge in [-0.25, -0.2) is 0 Å². The lowest BCUT2D eigenvalue weighted by molar-refractivity contribution is 0.175. The van der Waals surface area contributed by atoms with Crippen molar-refractivity contribution in [2.75, 3.05) is 44.3 Å². The first kappa shape index (κ1) is 18.9. The van der Waals surface area contributed by atoms with Crippen molar-refractivity contribution >= 4 is 11.4 Å². The van der Waals surface area contributed by atoms with Crippen LogP contribution in [0.5, 0.6) is 11.5 Å². The van der Waals surface area contributed by atoms with E-state index in [4.69, 9.17) is 20.9 Å². The standard InChI is InChI=1S/C20H29N3O2/c1-2-3-12-23(13-15-24-19-10-6-4-8-17(19)21)14-16-25-20-11-7-5-9-18(20)22/h4-11H,2-3,12-16,21-22H2,1H3. The van der Waals surface area contributed by atoms with Crippen LogP contribution < -0.4 is 20.9 Å². The summed E-state index contributed by atoms with van der Waals surface area (Å²) < 4.78 is 11.6. The molecule has 2 aromatic carbocycles. The fourth-order valence-electron chi connectivity index (χ4n) is 2.51. The Morgan fingerprint density at radius 3 is 1.68 bits per heavy atom. The van der Waals surface area contributed by atoms with Crippen LogP contribution in [0.25, 0.3) is 0 Å². The first-order valence-electron chi connectivity index (χ1n) is 8.87. The molecule has 0 bridgehead atoms. The normalized spacial score (nSPS) is 10.8. The molecule has 0 saturated carbocycles. The monoisotopic (exact) mass is 343 g/mol. The summed E-state index contributed by atoms with van der Waals surface area (Å²) in [6.45, 7) is 6.10. The van der Waals surface area contributed by atoms with E-state index >= 15 is 0 Å². The van der Waals surface area contributed by atoms with Gasteiger partial charge in [-0.1, -0.05) is 37.6 Å². The SMILES string of the molecule is CCCCN(CCOc1ccccc1N)CCOc1ccccc1N. The van der Waals surface area contributed by atoms with Crippen LogP contribution in [0.4, 0.5) is 11.4 Å². The van der Waals surface area contributed by atoms with Gasteiger partial charge in [0.15, 0.2) is 0 Å². The number of para-hydroxylation sites is 4. The van der Waals surface area contributed by atoms with Crippen molar-refractivity contribution in [2.45, 2.75) is 19.8 Å². The Bertz CT molecular complexity index is 582. The lowest BCUT2D eigenvalue weighted by Crippen LogP contribution is -2.33. The summed E-state index contributed by atoms with van der Waals surface area (Å²) in [5, 5.41) is 0. The Kier molecular flexibility index (Phi) is 7.92. The van der Waals surface area contributed by atoms with Gasteiger partial charge < -0.3 is 20.9 Å². The Hall–Kier alpha value is -2.40. The van der Waals surface area contributed by atoms with Crippen molar-refractivity contribution in [2.24, 2.45) is 0 Å². The molecule has 0 aliphatic heterocycles. The molecule has 4 N–H and O–H groups in total. The van der Waals surface area contributed by atoms with E-state index in [1.807, 2.05) is 48.5 Å². The van der Waals surface area contributed by atoms with E-state index in [0.717, 1.165) is 44.0 Å².